The number of hydrogen-bond acceptors (Lipinski definition) is 4. The summed E-state index contributed by atoms with van der Waals surface area (Å²) >= 11 is 0. The third kappa shape index (κ3) is 3.26. The van der Waals surface area contributed by atoms with Gasteiger partial charge in [-0.2, -0.15) is 5.06 Å². The molecule has 20 heavy (non-hydrogen) atoms. The zero-order chi connectivity index (χ0) is 14.8. The minimum Gasteiger partial charge on any atom is -0.374 e. The quantitative estimate of drug-likeness (QED) is 0.860. The molecule has 1 fully saturated rings. The van der Waals surface area contributed by atoms with Gasteiger partial charge in [-0.1, -0.05) is 30.3 Å². The van der Waals surface area contributed by atoms with Gasteiger partial charge in [-0.25, -0.2) is 0 Å². The summed E-state index contributed by atoms with van der Waals surface area (Å²) < 4.78 is 0. The Morgan fingerprint density at radius 2 is 1.90 bits per heavy atom. The van der Waals surface area contributed by atoms with Crippen LogP contribution in [0.3, 0.4) is 0 Å². The average molecular weight is 277 g/mol. The van der Waals surface area contributed by atoms with E-state index < -0.39 is 5.72 Å². The van der Waals surface area contributed by atoms with Crippen LogP contribution in [0.25, 0.3) is 0 Å². The molecule has 1 saturated heterocycles. The van der Waals surface area contributed by atoms with Crippen molar-refractivity contribution in [2.24, 2.45) is 0 Å². The fourth-order valence-corrected chi connectivity index (χ4v) is 2.86. The molecule has 0 saturated carbocycles. The van der Waals surface area contributed by atoms with Crippen molar-refractivity contribution >= 4 is 5.78 Å². The van der Waals surface area contributed by atoms with E-state index >= 15 is 0 Å². The van der Waals surface area contributed by atoms with Crippen LogP contribution in [0.15, 0.2) is 30.3 Å². The second-order valence-electron chi connectivity index (χ2n) is 6.24. The van der Waals surface area contributed by atoms with Gasteiger partial charge in [0.05, 0.1) is 0 Å². The molecule has 1 aromatic carbocycles. The molecule has 0 radical (unpaired) electrons. The Balaban J connectivity index is 2.03. The molecule has 1 aromatic rings. The zero-order valence-electron chi connectivity index (χ0n) is 12.4. The molecule has 1 heterocycles. The van der Waals surface area contributed by atoms with Crippen LogP contribution < -0.4 is 0 Å². The summed E-state index contributed by atoms with van der Waals surface area (Å²) in [5.41, 5.74) is -0.681. The molecule has 1 unspecified atom stereocenters. The number of carbonyl (C=O) groups is 1. The molecule has 110 valence electrons. The van der Waals surface area contributed by atoms with E-state index in [-0.39, 0.29) is 17.9 Å². The SMILES string of the molecule is CC1(C)CCCC(C)(O)N1OCC(=O)c1ccccc1. The summed E-state index contributed by atoms with van der Waals surface area (Å²) in [4.78, 5) is 17.7. The monoisotopic (exact) mass is 277 g/mol. The van der Waals surface area contributed by atoms with Crippen molar-refractivity contribution in [1.29, 1.82) is 0 Å². The van der Waals surface area contributed by atoms with E-state index in [4.69, 9.17) is 4.84 Å². The standard InChI is InChI=1S/C16H23NO3/c1-15(2)10-7-11-16(3,19)17(15)20-12-14(18)13-8-5-4-6-9-13/h4-6,8-9,19H,7,10-12H2,1-3H3. The van der Waals surface area contributed by atoms with Crippen molar-refractivity contribution in [3.63, 3.8) is 0 Å². The molecule has 0 spiro atoms. The van der Waals surface area contributed by atoms with Crippen LogP contribution in [-0.4, -0.2) is 33.8 Å². The Bertz CT molecular complexity index is 452. The number of nitrogens with zero attached hydrogens (tertiary/aromatic N) is 1. The number of Topliss-reactive ketones (excluding diaryl/α,β-unsaturated/α-hetero) is 1. The van der Waals surface area contributed by atoms with Crippen molar-refractivity contribution in [3.05, 3.63) is 35.9 Å². The van der Waals surface area contributed by atoms with Crippen LogP contribution in [0, 0.1) is 0 Å². The van der Waals surface area contributed by atoms with Gasteiger partial charge in [0, 0.05) is 11.1 Å². The molecule has 1 atom stereocenters. The average Bonchev–Trinajstić information content (AvgIpc) is 2.37. The molecule has 1 aliphatic rings. The second-order valence-corrected chi connectivity index (χ2v) is 6.24. The van der Waals surface area contributed by atoms with Gasteiger partial charge < -0.3 is 5.11 Å². The molecule has 0 bridgehead atoms. The molecular formula is C16H23NO3. The van der Waals surface area contributed by atoms with E-state index in [9.17, 15) is 9.90 Å². The largest absolute Gasteiger partial charge is 0.374 e. The van der Waals surface area contributed by atoms with Crippen LogP contribution in [-0.2, 0) is 4.84 Å². The first kappa shape index (κ1) is 15.2. The highest BCUT2D eigenvalue weighted by molar-refractivity contribution is 5.96. The van der Waals surface area contributed by atoms with Crippen molar-refractivity contribution in [1.82, 2.24) is 5.06 Å². The minimum atomic E-state index is -1.03. The number of ketones is 1. The van der Waals surface area contributed by atoms with Crippen LogP contribution in [0.5, 0.6) is 0 Å². The third-order valence-electron chi connectivity index (χ3n) is 3.85. The summed E-state index contributed by atoms with van der Waals surface area (Å²) in [7, 11) is 0. The fraction of sp³-hybridized carbons (Fsp3) is 0.562. The highest BCUT2D eigenvalue weighted by atomic mass is 16.7. The fourth-order valence-electron chi connectivity index (χ4n) is 2.86. The van der Waals surface area contributed by atoms with E-state index in [0.29, 0.717) is 12.0 Å². The van der Waals surface area contributed by atoms with E-state index in [2.05, 4.69) is 0 Å². The molecule has 0 aromatic heterocycles. The Morgan fingerprint density at radius 1 is 1.25 bits per heavy atom. The van der Waals surface area contributed by atoms with Gasteiger partial charge in [-0.15, -0.1) is 0 Å². The lowest BCUT2D eigenvalue weighted by molar-refractivity contribution is -0.337. The number of benzene rings is 1. The lowest BCUT2D eigenvalue weighted by Gasteiger charge is -2.49. The maximum Gasteiger partial charge on any atom is 0.190 e. The van der Waals surface area contributed by atoms with Crippen molar-refractivity contribution in [2.75, 3.05) is 6.61 Å². The molecule has 1 N–H and O–H groups in total. The molecule has 0 amide bonds. The smallest absolute Gasteiger partial charge is 0.190 e. The summed E-state index contributed by atoms with van der Waals surface area (Å²) in [6.07, 6.45) is 2.53. The molecule has 1 aliphatic heterocycles. The van der Waals surface area contributed by atoms with Gasteiger partial charge in [-0.3, -0.25) is 9.63 Å². The predicted octanol–water partition coefficient (Wildman–Crippen LogP) is 2.77. The molecular weight excluding hydrogens is 254 g/mol. The Morgan fingerprint density at radius 3 is 2.50 bits per heavy atom. The predicted molar refractivity (Wildman–Crippen MR) is 77.1 cm³/mol. The Hall–Kier alpha value is -1.23. The second kappa shape index (κ2) is 5.64. The normalized spacial score (nSPS) is 26.4. The molecule has 4 heteroatoms. The van der Waals surface area contributed by atoms with Gasteiger partial charge >= 0.3 is 0 Å². The van der Waals surface area contributed by atoms with Crippen LogP contribution in [0.2, 0.25) is 0 Å². The van der Waals surface area contributed by atoms with Crippen molar-refractivity contribution in [2.45, 2.75) is 51.3 Å². The number of carbonyl (C=O) groups excluding carboxylic acids is 1. The third-order valence-corrected chi connectivity index (χ3v) is 3.85. The maximum atomic E-state index is 12.1. The first-order chi connectivity index (χ1) is 9.33. The van der Waals surface area contributed by atoms with Crippen LogP contribution in [0.1, 0.15) is 50.4 Å². The molecule has 4 nitrogen and oxygen atoms in total. The van der Waals surface area contributed by atoms with E-state index in [1.165, 1.54) is 0 Å². The van der Waals surface area contributed by atoms with Crippen LogP contribution >= 0.6 is 0 Å². The lowest BCUT2D eigenvalue weighted by Crippen LogP contribution is -2.60. The summed E-state index contributed by atoms with van der Waals surface area (Å²) in [6.45, 7) is 5.73. The minimum absolute atomic E-state index is 0.0520. The lowest BCUT2D eigenvalue weighted by atomic mass is 9.87. The van der Waals surface area contributed by atoms with Crippen molar-refractivity contribution in [3.8, 4) is 0 Å². The van der Waals surface area contributed by atoms with Gasteiger partial charge in [0.1, 0.15) is 12.3 Å². The molecule has 2 rings (SSSR count). The topological polar surface area (TPSA) is 49.8 Å². The summed E-state index contributed by atoms with van der Waals surface area (Å²) in [6, 6.07) is 9.06. The van der Waals surface area contributed by atoms with Crippen LogP contribution in [0.4, 0.5) is 0 Å². The van der Waals surface area contributed by atoms with Gasteiger partial charge in [0.2, 0.25) is 0 Å². The number of piperidine rings is 1. The number of aliphatic hydroxyl groups is 1. The first-order valence-electron chi connectivity index (χ1n) is 7.07. The first-order valence-corrected chi connectivity index (χ1v) is 7.07. The molecule has 0 aliphatic carbocycles. The van der Waals surface area contributed by atoms with Crippen molar-refractivity contribution < 1.29 is 14.7 Å². The van der Waals surface area contributed by atoms with E-state index in [0.717, 1.165) is 12.8 Å². The highest BCUT2D eigenvalue weighted by Crippen LogP contribution is 2.36. The number of hydrogen-bond donors (Lipinski definition) is 1. The zero-order valence-corrected chi connectivity index (χ0v) is 12.4. The van der Waals surface area contributed by atoms with E-state index in [1.54, 1.807) is 24.1 Å². The van der Waals surface area contributed by atoms with Gasteiger partial charge in [-0.05, 0) is 40.0 Å². The van der Waals surface area contributed by atoms with Gasteiger partial charge in [0.25, 0.3) is 0 Å². The summed E-state index contributed by atoms with van der Waals surface area (Å²) in [5.74, 6) is -0.0808. The Kier molecular flexibility index (Phi) is 4.28. The van der Waals surface area contributed by atoms with E-state index in [1.807, 2.05) is 32.0 Å². The number of rotatable bonds is 4. The number of hydroxylamine groups is 2. The highest BCUT2D eigenvalue weighted by Gasteiger charge is 2.44. The van der Waals surface area contributed by atoms with Gasteiger partial charge in [0.15, 0.2) is 5.78 Å². The maximum absolute atomic E-state index is 12.1. The summed E-state index contributed by atoms with van der Waals surface area (Å²) in [5, 5.41) is 12.0. The Labute approximate surface area is 120 Å².